The molecule has 0 spiro atoms. The van der Waals surface area contributed by atoms with Gasteiger partial charge in [0, 0.05) is 4.90 Å². The molecule has 0 fully saturated rings. The minimum absolute atomic E-state index is 0.480. The van der Waals surface area contributed by atoms with Crippen molar-refractivity contribution in [3.63, 3.8) is 0 Å². The summed E-state index contributed by atoms with van der Waals surface area (Å²) in [4.78, 5) is 1.42. The Morgan fingerprint density at radius 3 is 2.20 bits per heavy atom. The average molecular weight is 168 g/mol. The standard InChI is InChI=1S/C8H12SSi/c1-10(2)9-8-6-4-3-5-7-8/h3-7,10H,1-2H3. The predicted molar refractivity (Wildman–Crippen MR) is 51.2 cm³/mol. The summed E-state index contributed by atoms with van der Waals surface area (Å²) in [5.41, 5.74) is 0. The van der Waals surface area contributed by atoms with Crippen molar-refractivity contribution >= 4 is 19.2 Å². The molecule has 0 aliphatic rings. The molecule has 0 aliphatic heterocycles. The van der Waals surface area contributed by atoms with Crippen LogP contribution in [-0.4, -0.2) is 7.95 Å². The van der Waals surface area contributed by atoms with Gasteiger partial charge in [-0.15, -0.1) is 0 Å². The van der Waals surface area contributed by atoms with Crippen LogP contribution in [-0.2, 0) is 0 Å². The minimum Gasteiger partial charge on any atom is -0.156 e. The summed E-state index contributed by atoms with van der Waals surface area (Å²) in [5, 5.41) is 0. The van der Waals surface area contributed by atoms with Crippen molar-refractivity contribution in [2.75, 3.05) is 0 Å². The van der Waals surface area contributed by atoms with Gasteiger partial charge in [-0.1, -0.05) is 31.3 Å². The first-order chi connectivity index (χ1) is 4.79. The van der Waals surface area contributed by atoms with Gasteiger partial charge in [0.1, 0.15) is 7.95 Å². The van der Waals surface area contributed by atoms with E-state index in [4.69, 9.17) is 0 Å². The van der Waals surface area contributed by atoms with Gasteiger partial charge in [0.05, 0.1) is 0 Å². The van der Waals surface area contributed by atoms with E-state index in [2.05, 4.69) is 43.4 Å². The number of hydrogen-bond donors (Lipinski definition) is 0. The molecule has 0 unspecified atom stereocenters. The lowest BCUT2D eigenvalue weighted by molar-refractivity contribution is 1.48. The van der Waals surface area contributed by atoms with Crippen LogP contribution >= 0.6 is 11.2 Å². The summed E-state index contributed by atoms with van der Waals surface area (Å²) in [5.74, 6) is 0. The molecule has 0 radical (unpaired) electrons. The van der Waals surface area contributed by atoms with Gasteiger partial charge in [-0.05, 0) is 12.1 Å². The van der Waals surface area contributed by atoms with Crippen LogP contribution in [0.2, 0.25) is 13.1 Å². The summed E-state index contributed by atoms with van der Waals surface area (Å²) >= 11 is 2.04. The van der Waals surface area contributed by atoms with E-state index in [-0.39, 0.29) is 0 Å². The number of rotatable bonds is 2. The molecular formula is C8H12SSi. The second-order valence-electron chi connectivity index (χ2n) is 2.48. The summed E-state index contributed by atoms with van der Waals surface area (Å²) in [6.07, 6.45) is 0. The van der Waals surface area contributed by atoms with Gasteiger partial charge < -0.3 is 0 Å². The summed E-state index contributed by atoms with van der Waals surface area (Å²) in [7, 11) is -0.480. The molecule has 0 amide bonds. The van der Waals surface area contributed by atoms with Crippen molar-refractivity contribution in [2.24, 2.45) is 0 Å². The summed E-state index contributed by atoms with van der Waals surface area (Å²) < 4.78 is 0. The molecule has 1 aromatic rings. The quantitative estimate of drug-likeness (QED) is 0.612. The molecule has 0 aliphatic carbocycles. The van der Waals surface area contributed by atoms with Crippen molar-refractivity contribution in [2.45, 2.75) is 18.0 Å². The van der Waals surface area contributed by atoms with E-state index >= 15 is 0 Å². The van der Waals surface area contributed by atoms with E-state index in [1.165, 1.54) is 4.90 Å². The molecule has 10 heavy (non-hydrogen) atoms. The molecule has 0 saturated heterocycles. The number of benzene rings is 1. The van der Waals surface area contributed by atoms with E-state index in [9.17, 15) is 0 Å². The second kappa shape index (κ2) is 3.83. The van der Waals surface area contributed by atoms with Crippen molar-refractivity contribution in [1.29, 1.82) is 0 Å². The van der Waals surface area contributed by atoms with Crippen LogP contribution in [0.3, 0.4) is 0 Å². The molecule has 1 aromatic carbocycles. The molecule has 0 aromatic heterocycles. The Balaban J connectivity index is 2.59. The Morgan fingerprint density at radius 2 is 1.70 bits per heavy atom. The van der Waals surface area contributed by atoms with Crippen LogP contribution in [0.1, 0.15) is 0 Å². The Morgan fingerprint density at radius 1 is 1.10 bits per heavy atom. The molecule has 2 heteroatoms. The molecule has 0 nitrogen and oxygen atoms in total. The number of hydrogen-bond acceptors (Lipinski definition) is 1. The molecule has 0 heterocycles. The van der Waals surface area contributed by atoms with Crippen LogP contribution in [0.25, 0.3) is 0 Å². The zero-order chi connectivity index (χ0) is 7.40. The maximum atomic E-state index is 2.34. The maximum absolute atomic E-state index is 2.34. The molecule has 1 rings (SSSR count). The van der Waals surface area contributed by atoms with E-state index in [0.29, 0.717) is 0 Å². The van der Waals surface area contributed by atoms with Gasteiger partial charge in [0.2, 0.25) is 0 Å². The Kier molecular flexibility index (Phi) is 3.03. The third-order valence-electron chi connectivity index (χ3n) is 1.11. The lowest BCUT2D eigenvalue weighted by atomic mass is 10.4. The first-order valence-corrected chi connectivity index (χ1v) is 8.11. The zero-order valence-electron chi connectivity index (χ0n) is 6.37. The van der Waals surface area contributed by atoms with E-state index in [0.717, 1.165) is 0 Å². The fourth-order valence-electron chi connectivity index (χ4n) is 0.771. The monoisotopic (exact) mass is 168 g/mol. The summed E-state index contributed by atoms with van der Waals surface area (Å²) in [6.45, 7) is 4.69. The zero-order valence-corrected chi connectivity index (χ0v) is 8.34. The van der Waals surface area contributed by atoms with Gasteiger partial charge in [-0.25, -0.2) is 0 Å². The molecule has 0 bridgehead atoms. The molecule has 0 saturated carbocycles. The van der Waals surface area contributed by atoms with Gasteiger partial charge >= 0.3 is 0 Å². The van der Waals surface area contributed by atoms with Gasteiger partial charge in [-0.3, -0.25) is 0 Å². The van der Waals surface area contributed by atoms with Crippen LogP contribution in [0.15, 0.2) is 35.2 Å². The lowest BCUT2D eigenvalue weighted by Crippen LogP contribution is -1.90. The van der Waals surface area contributed by atoms with Crippen LogP contribution in [0.4, 0.5) is 0 Å². The molecule has 0 N–H and O–H groups in total. The van der Waals surface area contributed by atoms with Gasteiger partial charge in [-0.2, -0.15) is 11.2 Å². The predicted octanol–water partition coefficient (Wildman–Crippen LogP) is 2.76. The molecular weight excluding hydrogens is 156 g/mol. The van der Waals surface area contributed by atoms with E-state index < -0.39 is 7.95 Å². The summed E-state index contributed by atoms with van der Waals surface area (Å²) in [6, 6.07) is 10.6. The average Bonchev–Trinajstić information content (AvgIpc) is 1.88. The first kappa shape index (κ1) is 7.89. The van der Waals surface area contributed by atoms with Crippen LogP contribution in [0, 0.1) is 0 Å². The Hall–Kier alpha value is -0.213. The normalized spacial score (nSPS) is 10.3. The van der Waals surface area contributed by atoms with Gasteiger partial charge in [0.25, 0.3) is 0 Å². The first-order valence-electron chi connectivity index (χ1n) is 3.51. The largest absolute Gasteiger partial charge is 0.156 e. The highest BCUT2D eigenvalue weighted by molar-refractivity contribution is 8.25. The third-order valence-corrected chi connectivity index (χ3v) is 4.36. The van der Waals surface area contributed by atoms with Gasteiger partial charge in [0.15, 0.2) is 0 Å². The van der Waals surface area contributed by atoms with E-state index in [1.54, 1.807) is 0 Å². The van der Waals surface area contributed by atoms with Crippen molar-refractivity contribution < 1.29 is 0 Å². The minimum atomic E-state index is -0.480. The lowest BCUT2D eigenvalue weighted by Gasteiger charge is -2.01. The SMILES string of the molecule is C[SiH](C)Sc1ccccc1. The van der Waals surface area contributed by atoms with Crippen molar-refractivity contribution in [3.8, 4) is 0 Å². The van der Waals surface area contributed by atoms with Crippen LogP contribution in [0.5, 0.6) is 0 Å². The van der Waals surface area contributed by atoms with E-state index in [1.807, 2.05) is 11.2 Å². The fourth-order valence-corrected chi connectivity index (χ4v) is 3.73. The Labute approximate surface area is 67.9 Å². The molecule has 0 atom stereocenters. The Bertz CT molecular complexity index is 184. The van der Waals surface area contributed by atoms with Crippen molar-refractivity contribution in [3.05, 3.63) is 30.3 Å². The highest BCUT2D eigenvalue weighted by Gasteiger charge is 1.96. The topological polar surface area (TPSA) is 0 Å². The van der Waals surface area contributed by atoms with Crippen LogP contribution < -0.4 is 0 Å². The third kappa shape index (κ3) is 2.58. The maximum Gasteiger partial charge on any atom is 0.102 e. The van der Waals surface area contributed by atoms with Crippen molar-refractivity contribution in [1.82, 2.24) is 0 Å². The smallest absolute Gasteiger partial charge is 0.102 e. The highest BCUT2D eigenvalue weighted by atomic mass is 32.4. The second-order valence-corrected chi connectivity index (χ2v) is 8.82. The fraction of sp³-hybridized carbons (Fsp3) is 0.250. The highest BCUT2D eigenvalue weighted by Crippen LogP contribution is 2.19. The molecule has 54 valence electrons.